The summed E-state index contributed by atoms with van der Waals surface area (Å²) in [6.07, 6.45) is 2.13. The SMILES string of the molecule is C=CC(=O)O[C@]1(C(=O)O)CCC(C(C)(C)C)C1C(C)(C)C. The number of ether oxygens (including phenoxy) is 1. The Labute approximate surface area is 127 Å². The van der Waals surface area contributed by atoms with Crippen LogP contribution in [0.2, 0.25) is 0 Å². The lowest BCUT2D eigenvalue weighted by atomic mass is 9.62. The average molecular weight is 296 g/mol. The van der Waals surface area contributed by atoms with Crippen LogP contribution in [-0.4, -0.2) is 22.6 Å². The molecule has 4 heteroatoms. The van der Waals surface area contributed by atoms with Gasteiger partial charge in [-0.25, -0.2) is 9.59 Å². The van der Waals surface area contributed by atoms with E-state index in [1.165, 1.54) is 0 Å². The van der Waals surface area contributed by atoms with Crippen molar-refractivity contribution in [2.45, 2.75) is 60.0 Å². The molecule has 120 valence electrons. The molecule has 0 bridgehead atoms. The fourth-order valence-corrected chi connectivity index (χ4v) is 3.87. The first kappa shape index (κ1) is 17.7. The van der Waals surface area contributed by atoms with Gasteiger partial charge in [0.1, 0.15) is 0 Å². The van der Waals surface area contributed by atoms with Crippen molar-refractivity contribution in [2.24, 2.45) is 22.7 Å². The third kappa shape index (κ3) is 3.30. The molecule has 0 aliphatic heterocycles. The summed E-state index contributed by atoms with van der Waals surface area (Å²) < 4.78 is 5.42. The molecule has 0 aromatic carbocycles. The van der Waals surface area contributed by atoms with Crippen molar-refractivity contribution in [1.82, 2.24) is 0 Å². The topological polar surface area (TPSA) is 63.6 Å². The first-order chi connectivity index (χ1) is 9.36. The normalized spacial score (nSPS) is 30.0. The van der Waals surface area contributed by atoms with E-state index in [0.29, 0.717) is 6.42 Å². The zero-order chi connectivity index (χ0) is 16.6. The monoisotopic (exact) mass is 296 g/mol. The smallest absolute Gasteiger partial charge is 0.348 e. The summed E-state index contributed by atoms with van der Waals surface area (Å²) in [6, 6.07) is 0. The number of hydrogen-bond donors (Lipinski definition) is 1. The minimum atomic E-state index is -1.46. The van der Waals surface area contributed by atoms with Gasteiger partial charge < -0.3 is 9.84 Å². The minimum Gasteiger partial charge on any atom is -0.478 e. The lowest BCUT2D eigenvalue weighted by molar-refractivity contribution is -0.188. The number of carbonyl (C=O) groups excluding carboxylic acids is 1. The third-order valence-electron chi connectivity index (χ3n) is 4.59. The van der Waals surface area contributed by atoms with E-state index >= 15 is 0 Å². The number of carbonyl (C=O) groups is 2. The van der Waals surface area contributed by atoms with Gasteiger partial charge in [-0.3, -0.25) is 0 Å². The van der Waals surface area contributed by atoms with Gasteiger partial charge in [0, 0.05) is 12.0 Å². The maximum atomic E-state index is 12.0. The second-order valence-corrected chi connectivity index (χ2v) is 8.17. The van der Waals surface area contributed by atoms with Crippen molar-refractivity contribution in [1.29, 1.82) is 0 Å². The van der Waals surface area contributed by atoms with E-state index in [2.05, 4.69) is 27.4 Å². The zero-order valence-electron chi connectivity index (χ0n) is 14.0. The minimum absolute atomic E-state index is 0.0459. The first-order valence-corrected chi connectivity index (χ1v) is 7.45. The van der Waals surface area contributed by atoms with Gasteiger partial charge in [-0.1, -0.05) is 48.1 Å². The molecule has 0 radical (unpaired) electrons. The Bertz CT molecular complexity index is 439. The third-order valence-corrected chi connectivity index (χ3v) is 4.59. The zero-order valence-corrected chi connectivity index (χ0v) is 14.0. The molecule has 4 nitrogen and oxygen atoms in total. The molecule has 0 saturated heterocycles. The van der Waals surface area contributed by atoms with Gasteiger partial charge in [-0.2, -0.15) is 0 Å². The van der Waals surface area contributed by atoms with Gasteiger partial charge in [-0.05, 0) is 29.6 Å². The second kappa shape index (κ2) is 5.47. The molecular weight excluding hydrogens is 268 g/mol. The first-order valence-electron chi connectivity index (χ1n) is 7.45. The highest BCUT2D eigenvalue weighted by Crippen LogP contribution is 2.56. The highest BCUT2D eigenvalue weighted by Gasteiger charge is 2.62. The standard InChI is InChI=1S/C17H28O4/c1-8-12(18)21-17(14(19)20)10-9-11(15(2,3)4)13(17)16(5,6)7/h8,11,13H,1,9-10H2,2-7H3,(H,19,20)/t11?,13?,17-/m1/s1. The lowest BCUT2D eigenvalue weighted by Gasteiger charge is -2.45. The van der Waals surface area contributed by atoms with Crippen LogP contribution < -0.4 is 0 Å². The molecule has 0 aromatic rings. The van der Waals surface area contributed by atoms with Gasteiger partial charge in [-0.15, -0.1) is 0 Å². The quantitative estimate of drug-likeness (QED) is 0.637. The van der Waals surface area contributed by atoms with Crippen LogP contribution in [0.1, 0.15) is 54.4 Å². The van der Waals surface area contributed by atoms with E-state index < -0.39 is 17.5 Å². The van der Waals surface area contributed by atoms with Gasteiger partial charge in [0.2, 0.25) is 5.60 Å². The van der Waals surface area contributed by atoms with Crippen LogP contribution in [0.15, 0.2) is 12.7 Å². The molecule has 2 unspecified atom stereocenters. The number of carboxylic acid groups (broad SMARTS) is 1. The van der Waals surface area contributed by atoms with E-state index in [-0.39, 0.29) is 22.7 Å². The van der Waals surface area contributed by atoms with Gasteiger partial charge in [0.05, 0.1) is 0 Å². The maximum absolute atomic E-state index is 12.0. The molecule has 1 aliphatic rings. The second-order valence-electron chi connectivity index (χ2n) is 8.17. The van der Waals surface area contributed by atoms with E-state index in [1.807, 2.05) is 20.8 Å². The number of carboxylic acids is 1. The molecule has 21 heavy (non-hydrogen) atoms. The molecular formula is C17H28O4. The van der Waals surface area contributed by atoms with Gasteiger partial charge >= 0.3 is 11.9 Å². The van der Waals surface area contributed by atoms with Crippen molar-refractivity contribution in [3.05, 3.63) is 12.7 Å². The highest BCUT2D eigenvalue weighted by molar-refractivity contribution is 5.87. The molecule has 0 aromatic heterocycles. The van der Waals surface area contributed by atoms with Crippen LogP contribution in [0, 0.1) is 22.7 Å². The molecule has 1 aliphatic carbocycles. The molecule has 0 heterocycles. The maximum Gasteiger partial charge on any atom is 0.348 e. The highest BCUT2D eigenvalue weighted by atomic mass is 16.6. The van der Waals surface area contributed by atoms with E-state index in [1.54, 1.807) is 0 Å². The summed E-state index contributed by atoms with van der Waals surface area (Å²) >= 11 is 0. The summed E-state index contributed by atoms with van der Waals surface area (Å²) in [6.45, 7) is 15.8. The Balaban J connectivity index is 3.38. The van der Waals surface area contributed by atoms with E-state index in [4.69, 9.17) is 4.74 Å². The van der Waals surface area contributed by atoms with Crippen molar-refractivity contribution >= 4 is 11.9 Å². The molecule has 1 fully saturated rings. The van der Waals surface area contributed by atoms with Crippen LogP contribution in [0.4, 0.5) is 0 Å². The predicted molar refractivity (Wildman–Crippen MR) is 81.8 cm³/mol. The summed E-state index contributed by atoms with van der Waals surface area (Å²) in [7, 11) is 0. The van der Waals surface area contributed by atoms with Crippen LogP contribution in [0.25, 0.3) is 0 Å². The van der Waals surface area contributed by atoms with Crippen LogP contribution in [0.3, 0.4) is 0 Å². The summed E-state index contributed by atoms with van der Waals surface area (Å²) in [4.78, 5) is 23.7. The molecule has 3 atom stereocenters. The molecule has 1 saturated carbocycles. The van der Waals surface area contributed by atoms with Crippen molar-refractivity contribution in [3.8, 4) is 0 Å². The molecule has 1 N–H and O–H groups in total. The van der Waals surface area contributed by atoms with Gasteiger partial charge in [0.25, 0.3) is 0 Å². The predicted octanol–water partition coefficient (Wildman–Crippen LogP) is 3.66. The fourth-order valence-electron chi connectivity index (χ4n) is 3.87. The van der Waals surface area contributed by atoms with Gasteiger partial charge in [0.15, 0.2) is 0 Å². The van der Waals surface area contributed by atoms with Crippen molar-refractivity contribution < 1.29 is 19.4 Å². The molecule has 0 spiro atoms. The summed E-state index contributed by atoms with van der Waals surface area (Å²) in [5, 5.41) is 9.81. The lowest BCUT2D eigenvalue weighted by Crippen LogP contribution is -2.53. The number of hydrogen-bond acceptors (Lipinski definition) is 3. The Morgan fingerprint density at radius 1 is 1.19 bits per heavy atom. The molecule has 1 rings (SSSR count). The van der Waals surface area contributed by atoms with Crippen molar-refractivity contribution in [2.75, 3.05) is 0 Å². The Hall–Kier alpha value is -1.32. The number of aliphatic carboxylic acids is 1. The summed E-state index contributed by atoms with van der Waals surface area (Å²) in [5.74, 6) is -1.79. The van der Waals surface area contributed by atoms with Crippen LogP contribution in [0.5, 0.6) is 0 Å². The molecule has 0 amide bonds. The number of rotatable bonds is 3. The Kier molecular flexibility index (Phi) is 4.62. The van der Waals surface area contributed by atoms with Crippen LogP contribution >= 0.6 is 0 Å². The number of esters is 1. The summed E-state index contributed by atoms with van der Waals surface area (Å²) in [5.41, 5.74) is -1.79. The largest absolute Gasteiger partial charge is 0.478 e. The van der Waals surface area contributed by atoms with E-state index in [0.717, 1.165) is 12.5 Å². The fraction of sp³-hybridized carbons (Fsp3) is 0.765. The van der Waals surface area contributed by atoms with E-state index in [9.17, 15) is 14.7 Å². The Morgan fingerprint density at radius 2 is 1.71 bits per heavy atom. The average Bonchev–Trinajstić information content (AvgIpc) is 2.69. The van der Waals surface area contributed by atoms with Crippen LogP contribution in [-0.2, 0) is 14.3 Å². The Morgan fingerprint density at radius 3 is 2.05 bits per heavy atom. The van der Waals surface area contributed by atoms with Crippen molar-refractivity contribution in [3.63, 3.8) is 0 Å².